The van der Waals surface area contributed by atoms with E-state index in [1.807, 2.05) is 32.2 Å². The van der Waals surface area contributed by atoms with Gasteiger partial charge in [-0.25, -0.2) is 4.79 Å². The van der Waals surface area contributed by atoms with E-state index in [0.717, 1.165) is 42.4 Å². The van der Waals surface area contributed by atoms with E-state index < -0.39 is 12.2 Å². The van der Waals surface area contributed by atoms with Gasteiger partial charge >= 0.3 is 6.09 Å². The molecule has 0 saturated heterocycles. The first-order valence-electron chi connectivity index (χ1n) is 12.9. The lowest BCUT2D eigenvalue weighted by Gasteiger charge is -2.24. The fourth-order valence-electron chi connectivity index (χ4n) is 4.48. The second-order valence-electron chi connectivity index (χ2n) is 8.92. The minimum atomic E-state index is -0.512. The van der Waals surface area contributed by atoms with Crippen LogP contribution in [0.1, 0.15) is 67.6 Å². The van der Waals surface area contributed by atoms with Crippen molar-refractivity contribution < 1.29 is 23.8 Å². The number of rotatable bonds is 15. The largest absolute Gasteiger partial charge is 0.493 e. The van der Waals surface area contributed by atoms with E-state index >= 15 is 0 Å². The van der Waals surface area contributed by atoms with E-state index in [-0.39, 0.29) is 25.1 Å². The molecule has 0 spiro atoms. The number of fused-ring (bicyclic) bond motifs is 1. The first-order valence-corrected chi connectivity index (χ1v) is 12.9. The summed E-state index contributed by atoms with van der Waals surface area (Å²) < 4.78 is 16.7. The molecule has 0 radical (unpaired) electrons. The topological polar surface area (TPSA) is 97.9 Å². The monoisotopic (exact) mass is 501 g/mol. The number of alkyl carbamates (subject to hydrolysis) is 1. The van der Waals surface area contributed by atoms with Gasteiger partial charge in [-0.15, -0.1) is 0 Å². The molecule has 2 amide bonds. The number of ether oxygens (including phenoxy) is 3. The molecule has 200 valence electrons. The molecule has 1 aliphatic rings. The molecule has 2 atom stereocenters. The van der Waals surface area contributed by atoms with Crippen LogP contribution >= 0.6 is 0 Å². The van der Waals surface area contributed by atoms with Crippen LogP contribution in [-0.4, -0.2) is 58.5 Å². The maximum Gasteiger partial charge on any atom is 0.406 e. The van der Waals surface area contributed by atoms with Crippen LogP contribution in [0.2, 0.25) is 0 Å². The zero-order valence-electron chi connectivity index (χ0n) is 22.4. The third-order valence-electron chi connectivity index (χ3n) is 6.80. The molecule has 8 nitrogen and oxygen atoms in total. The maximum absolute atomic E-state index is 13.2. The second kappa shape index (κ2) is 15.3. The predicted octanol–water partition coefficient (Wildman–Crippen LogP) is 4.31. The highest BCUT2D eigenvalue weighted by Gasteiger charge is 2.27. The summed E-state index contributed by atoms with van der Waals surface area (Å²) in [6, 6.07) is 3.91. The highest BCUT2D eigenvalue weighted by atomic mass is 16.5. The molecule has 0 fully saturated rings. The van der Waals surface area contributed by atoms with Gasteiger partial charge in [-0.3, -0.25) is 4.79 Å². The van der Waals surface area contributed by atoms with Crippen molar-refractivity contribution in [3.63, 3.8) is 0 Å². The van der Waals surface area contributed by atoms with Gasteiger partial charge in [-0.1, -0.05) is 45.4 Å². The summed E-state index contributed by atoms with van der Waals surface area (Å²) in [5.41, 5.74) is 3.31. The van der Waals surface area contributed by atoms with Crippen LogP contribution in [-0.2, 0) is 15.9 Å². The van der Waals surface area contributed by atoms with E-state index in [0.29, 0.717) is 30.4 Å². The molecule has 3 N–H and O–H groups in total. The minimum Gasteiger partial charge on any atom is -0.493 e. The zero-order chi connectivity index (χ0) is 26.5. The van der Waals surface area contributed by atoms with Gasteiger partial charge < -0.3 is 30.2 Å². The predicted molar refractivity (Wildman–Crippen MR) is 143 cm³/mol. The average molecular weight is 502 g/mol. The summed E-state index contributed by atoms with van der Waals surface area (Å²) in [5, 5.41) is 9.05. The lowest BCUT2D eigenvalue weighted by atomic mass is 9.92. The molecular weight excluding hydrogens is 458 g/mol. The van der Waals surface area contributed by atoms with Crippen molar-refractivity contribution in [2.75, 3.05) is 40.5 Å². The molecule has 1 aromatic carbocycles. The standard InChI is InChI=1S/C28H43N3O5/c1-7-19(8-2)15-22(29-5)18-31-27(32)21-16-24(23-11-13-35-25(23)17-21)26(20(9-3)10-4)36-14-12-30-28(33)34-6/h9-10,16-17,19,22,26,29H,3,7-8,11-15,18H2,1-2,4-6H3,(H,30,33)(H,31,32)/b20-10+/t22-,26?/m0/s1. The van der Waals surface area contributed by atoms with Crippen molar-refractivity contribution in [1.82, 2.24) is 16.0 Å². The maximum atomic E-state index is 13.2. The smallest absolute Gasteiger partial charge is 0.406 e. The summed E-state index contributed by atoms with van der Waals surface area (Å²) in [6.45, 7) is 11.9. The van der Waals surface area contributed by atoms with Crippen LogP contribution in [0, 0.1) is 5.92 Å². The molecule has 1 aliphatic heterocycles. The molecule has 0 aromatic heterocycles. The number of hydrogen-bond donors (Lipinski definition) is 3. The highest BCUT2D eigenvalue weighted by Crippen LogP contribution is 2.38. The quantitative estimate of drug-likeness (QED) is 0.245. The lowest BCUT2D eigenvalue weighted by Crippen LogP contribution is -2.40. The Morgan fingerprint density at radius 2 is 1.97 bits per heavy atom. The van der Waals surface area contributed by atoms with E-state index in [4.69, 9.17) is 9.47 Å². The number of likely N-dealkylation sites (N-methyl/N-ethyl adjacent to an activating group) is 1. The molecule has 1 heterocycles. The Balaban J connectivity index is 2.25. The van der Waals surface area contributed by atoms with Gasteiger partial charge in [-0.2, -0.15) is 0 Å². The summed E-state index contributed by atoms with van der Waals surface area (Å²) in [5.74, 6) is 1.19. The zero-order valence-corrected chi connectivity index (χ0v) is 22.4. The molecule has 0 saturated carbocycles. The molecule has 1 aromatic rings. The Kier molecular flexibility index (Phi) is 12.5. The first-order chi connectivity index (χ1) is 17.4. The minimum absolute atomic E-state index is 0.147. The van der Waals surface area contributed by atoms with Crippen LogP contribution in [0.3, 0.4) is 0 Å². The Bertz CT molecular complexity index is 911. The van der Waals surface area contributed by atoms with Crippen LogP contribution in [0.25, 0.3) is 0 Å². The highest BCUT2D eigenvalue weighted by molar-refractivity contribution is 5.95. The average Bonchev–Trinajstić information content (AvgIpc) is 3.39. The molecule has 0 aliphatic carbocycles. The number of amides is 2. The van der Waals surface area contributed by atoms with Crippen molar-refractivity contribution in [2.45, 2.75) is 58.6 Å². The molecule has 8 heteroatoms. The summed E-state index contributed by atoms with van der Waals surface area (Å²) in [6.07, 6.45) is 6.73. The number of allylic oxidation sites excluding steroid dienone is 1. The Morgan fingerprint density at radius 3 is 2.58 bits per heavy atom. The van der Waals surface area contributed by atoms with Crippen molar-refractivity contribution in [1.29, 1.82) is 0 Å². The van der Waals surface area contributed by atoms with Crippen LogP contribution in [0.4, 0.5) is 4.79 Å². The van der Waals surface area contributed by atoms with E-state index in [1.54, 1.807) is 6.08 Å². The van der Waals surface area contributed by atoms with Crippen molar-refractivity contribution in [3.05, 3.63) is 53.1 Å². The third-order valence-corrected chi connectivity index (χ3v) is 6.80. The van der Waals surface area contributed by atoms with Gasteiger partial charge in [0.1, 0.15) is 11.9 Å². The number of carbonyl (C=O) groups is 2. The fraction of sp³-hybridized carbons (Fsp3) is 0.571. The number of nitrogens with one attached hydrogen (secondary N) is 3. The van der Waals surface area contributed by atoms with E-state index in [1.165, 1.54) is 7.11 Å². The van der Waals surface area contributed by atoms with E-state index in [9.17, 15) is 9.59 Å². The Hall–Kier alpha value is -2.84. The number of carbonyl (C=O) groups excluding carboxylic acids is 2. The number of benzene rings is 1. The molecule has 2 rings (SSSR count). The van der Waals surface area contributed by atoms with Crippen molar-refractivity contribution in [3.8, 4) is 5.75 Å². The fourth-order valence-corrected chi connectivity index (χ4v) is 4.48. The summed E-state index contributed by atoms with van der Waals surface area (Å²) >= 11 is 0. The van der Waals surface area contributed by atoms with Crippen molar-refractivity contribution in [2.24, 2.45) is 5.92 Å². The Morgan fingerprint density at radius 1 is 1.22 bits per heavy atom. The van der Waals surface area contributed by atoms with Crippen LogP contribution < -0.4 is 20.7 Å². The van der Waals surface area contributed by atoms with Crippen molar-refractivity contribution >= 4 is 12.0 Å². The molecule has 36 heavy (non-hydrogen) atoms. The van der Waals surface area contributed by atoms with Crippen LogP contribution in [0.15, 0.2) is 36.4 Å². The van der Waals surface area contributed by atoms with Gasteiger partial charge in [0.2, 0.25) is 0 Å². The van der Waals surface area contributed by atoms with Gasteiger partial charge in [0.25, 0.3) is 5.91 Å². The van der Waals surface area contributed by atoms with Gasteiger partial charge in [-0.05, 0) is 49.6 Å². The summed E-state index contributed by atoms with van der Waals surface area (Å²) in [4.78, 5) is 24.6. The van der Waals surface area contributed by atoms with Crippen LogP contribution in [0.5, 0.6) is 5.75 Å². The van der Waals surface area contributed by atoms with Gasteiger partial charge in [0, 0.05) is 36.7 Å². The Labute approximate surface area is 215 Å². The van der Waals surface area contributed by atoms with Gasteiger partial charge in [0.05, 0.1) is 20.3 Å². The normalized spacial score (nSPS) is 14.6. The molecule has 0 bridgehead atoms. The number of methoxy groups -OCH3 is 1. The summed E-state index contributed by atoms with van der Waals surface area (Å²) in [7, 11) is 3.25. The van der Waals surface area contributed by atoms with Gasteiger partial charge in [0.15, 0.2) is 0 Å². The molecule has 1 unspecified atom stereocenters. The molecular formula is C28H43N3O5. The number of hydrogen-bond acceptors (Lipinski definition) is 6. The third kappa shape index (κ3) is 8.10. The lowest BCUT2D eigenvalue weighted by molar-refractivity contribution is 0.0794. The van der Waals surface area contributed by atoms with E-state index in [2.05, 4.69) is 41.1 Å². The second-order valence-corrected chi connectivity index (χ2v) is 8.92. The SMILES string of the molecule is C=C/C(=C\C)C(OCCNC(=O)OC)c1cc(C(=O)NC[C@H](CC(CC)CC)NC)cc2c1CCO2. The first kappa shape index (κ1) is 29.4.